The molecule has 102 valence electrons. The number of aryl methyl sites for hydroxylation is 1. The van der Waals surface area contributed by atoms with E-state index < -0.39 is 0 Å². The van der Waals surface area contributed by atoms with E-state index in [2.05, 4.69) is 11.0 Å². The molecule has 1 aliphatic rings. The molecule has 2 heteroatoms. The van der Waals surface area contributed by atoms with Crippen molar-refractivity contribution in [1.29, 1.82) is 0 Å². The molecular formula is C18H19NO. The third-order valence-electron chi connectivity index (χ3n) is 3.93. The Kier molecular flexibility index (Phi) is 3.66. The molecule has 0 atom stereocenters. The van der Waals surface area contributed by atoms with Crippen molar-refractivity contribution in [3.8, 4) is 0 Å². The average Bonchev–Trinajstić information content (AvgIpc) is 2.43. The Labute approximate surface area is 120 Å². The maximum Gasteiger partial charge on any atom is 0.193 e. The Morgan fingerprint density at radius 2 is 1.90 bits per heavy atom. The van der Waals surface area contributed by atoms with Gasteiger partial charge in [-0.05, 0) is 43.6 Å². The SMILES string of the molecule is Cc1ccccc1C(=O)c1cccc(CN2CCC2)c1. The molecule has 2 nitrogen and oxygen atoms in total. The van der Waals surface area contributed by atoms with Crippen LogP contribution in [0.5, 0.6) is 0 Å². The highest BCUT2D eigenvalue weighted by molar-refractivity contribution is 6.09. The number of benzene rings is 2. The molecule has 1 aliphatic heterocycles. The maximum atomic E-state index is 12.6. The molecule has 1 saturated heterocycles. The standard InChI is InChI=1S/C18H19NO/c1-14-6-2-3-9-17(14)18(20)16-8-4-7-15(12-16)13-19-10-5-11-19/h2-4,6-9,12H,5,10-11,13H2,1H3. The van der Waals surface area contributed by atoms with Gasteiger partial charge in [-0.3, -0.25) is 9.69 Å². The third kappa shape index (κ3) is 2.66. The predicted molar refractivity (Wildman–Crippen MR) is 80.9 cm³/mol. The monoisotopic (exact) mass is 265 g/mol. The van der Waals surface area contributed by atoms with Crippen molar-refractivity contribution < 1.29 is 4.79 Å². The van der Waals surface area contributed by atoms with Crippen LogP contribution in [0.25, 0.3) is 0 Å². The third-order valence-corrected chi connectivity index (χ3v) is 3.93. The highest BCUT2D eigenvalue weighted by Crippen LogP contribution is 2.17. The van der Waals surface area contributed by atoms with Crippen molar-refractivity contribution in [2.45, 2.75) is 19.9 Å². The van der Waals surface area contributed by atoms with Crippen LogP contribution >= 0.6 is 0 Å². The number of nitrogens with zero attached hydrogens (tertiary/aromatic N) is 1. The summed E-state index contributed by atoms with van der Waals surface area (Å²) >= 11 is 0. The topological polar surface area (TPSA) is 20.3 Å². The van der Waals surface area contributed by atoms with Crippen LogP contribution in [0.2, 0.25) is 0 Å². The van der Waals surface area contributed by atoms with E-state index in [4.69, 9.17) is 0 Å². The smallest absolute Gasteiger partial charge is 0.193 e. The largest absolute Gasteiger partial charge is 0.299 e. The highest BCUT2D eigenvalue weighted by atomic mass is 16.1. The fraction of sp³-hybridized carbons (Fsp3) is 0.278. The van der Waals surface area contributed by atoms with Gasteiger partial charge in [-0.2, -0.15) is 0 Å². The van der Waals surface area contributed by atoms with Crippen LogP contribution in [0.3, 0.4) is 0 Å². The van der Waals surface area contributed by atoms with Gasteiger partial charge in [-0.15, -0.1) is 0 Å². The second kappa shape index (κ2) is 5.59. The van der Waals surface area contributed by atoms with Gasteiger partial charge >= 0.3 is 0 Å². The normalized spacial score (nSPS) is 14.8. The van der Waals surface area contributed by atoms with E-state index in [-0.39, 0.29) is 5.78 Å². The lowest BCUT2D eigenvalue weighted by molar-refractivity contribution is 0.103. The average molecular weight is 265 g/mol. The Morgan fingerprint density at radius 1 is 1.10 bits per heavy atom. The summed E-state index contributed by atoms with van der Waals surface area (Å²) in [6, 6.07) is 15.8. The van der Waals surface area contributed by atoms with Crippen molar-refractivity contribution in [3.63, 3.8) is 0 Å². The fourth-order valence-electron chi connectivity index (χ4n) is 2.59. The summed E-state index contributed by atoms with van der Waals surface area (Å²) < 4.78 is 0. The molecule has 0 N–H and O–H groups in total. The second-order valence-electron chi connectivity index (χ2n) is 5.47. The molecule has 0 saturated carbocycles. The van der Waals surface area contributed by atoms with Crippen molar-refractivity contribution in [2.24, 2.45) is 0 Å². The van der Waals surface area contributed by atoms with E-state index in [1.807, 2.05) is 49.4 Å². The lowest BCUT2D eigenvalue weighted by atomic mass is 9.97. The van der Waals surface area contributed by atoms with Gasteiger partial charge in [0.25, 0.3) is 0 Å². The number of likely N-dealkylation sites (tertiary alicyclic amines) is 1. The zero-order valence-electron chi connectivity index (χ0n) is 11.8. The lowest BCUT2D eigenvalue weighted by Gasteiger charge is -2.30. The molecule has 0 bridgehead atoms. The lowest BCUT2D eigenvalue weighted by Crippen LogP contribution is -2.36. The second-order valence-corrected chi connectivity index (χ2v) is 5.47. The predicted octanol–water partition coefficient (Wildman–Crippen LogP) is 3.43. The quantitative estimate of drug-likeness (QED) is 0.789. The van der Waals surface area contributed by atoms with Crippen LogP contribution < -0.4 is 0 Å². The van der Waals surface area contributed by atoms with E-state index in [0.29, 0.717) is 0 Å². The van der Waals surface area contributed by atoms with Gasteiger partial charge in [0, 0.05) is 17.7 Å². The van der Waals surface area contributed by atoms with Crippen LogP contribution in [0.15, 0.2) is 48.5 Å². The molecular weight excluding hydrogens is 246 g/mol. The molecule has 3 rings (SSSR count). The number of rotatable bonds is 4. The molecule has 1 heterocycles. The summed E-state index contributed by atoms with van der Waals surface area (Å²) in [6.45, 7) is 5.29. The molecule has 2 aromatic carbocycles. The molecule has 20 heavy (non-hydrogen) atoms. The first-order valence-corrected chi connectivity index (χ1v) is 7.16. The van der Waals surface area contributed by atoms with E-state index in [1.165, 1.54) is 25.1 Å². The first-order chi connectivity index (χ1) is 9.74. The zero-order valence-corrected chi connectivity index (χ0v) is 11.8. The zero-order chi connectivity index (χ0) is 13.9. The van der Waals surface area contributed by atoms with Gasteiger partial charge in [-0.1, -0.05) is 42.5 Å². The van der Waals surface area contributed by atoms with Crippen LogP contribution in [-0.4, -0.2) is 23.8 Å². The summed E-state index contributed by atoms with van der Waals surface area (Å²) in [4.78, 5) is 15.0. The fourth-order valence-corrected chi connectivity index (χ4v) is 2.59. The van der Waals surface area contributed by atoms with Crippen LogP contribution in [-0.2, 0) is 6.54 Å². The van der Waals surface area contributed by atoms with Gasteiger partial charge in [0.2, 0.25) is 0 Å². The first kappa shape index (κ1) is 13.1. The van der Waals surface area contributed by atoms with E-state index >= 15 is 0 Å². The summed E-state index contributed by atoms with van der Waals surface area (Å²) in [6.07, 6.45) is 1.29. The first-order valence-electron chi connectivity index (χ1n) is 7.16. The summed E-state index contributed by atoms with van der Waals surface area (Å²) in [5, 5.41) is 0. The molecule has 0 aliphatic carbocycles. The Morgan fingerprint density at radius 3 is 2.60 bits per heavy atom. The van der Waals surface area contributed by atoms with Crippen LogP contribution in [0.4, 0.5) is 0 Å². The summed E-state index contributed by atoms with van der Waals surface area (Å²) in [7, 11) is 0. The maximum absolute atomic E-state index is 12.6. The summed E-state index contributed by atoms with van der Waals surface area (Å²) in [5.41, 5.74) is 3.85. The van der Waals surface area contributed by atoms with Gasteiger partial charge in [0.05, 0.1) is 0 Å². The number of carbonyl (C=O) groups is 1. The van der Waals surface area contributed by atoms with Crippen molar-refractivity contribution in [2.75, 3.05) is 13.1 Å². The minimum absolute atomic E-state index is 0.119. The number of ketones is 1. The van der Waals surface area contributed by atoms with Gasteiger partial charge in [0.15, 0.2) is 5.78 Å². The molecule has 0 spiro atoms. The van der Waals surface area contributed by atoms with Crippen molar-refractivity contribution in [1.82, 2.24) is 4.90 Å². The van der Waals surface area contributed by atoms with E-state index in [9.17, 15) is 4.79 Å². The molecule has 0 aromatic heterocycles. The molecule has 0 radical (unpaired) electrons. The van der Waals surface area contributed by atoms with E-state index in [0.717, 1.165) is 23.2 Å². The number of hydrogen-bond donors (Lipinski definition) is 0. The minimum Gasteiger partial charge on any atom is -0.299 e. The highest BCUT2D eigenvalue weighted by Gasteiger charge is 2.15. The van der Waals surface area contributed by atoms with Crippen LogP contribution in [0.1, 0.15) is 33.5 Å². The number of hydrogen-bond acceptors (Lipinski definition) is 2. The molecule has 0 amide bonds. The van der Waals surface area contributed by atoms with Crippen LogP contribution in [0, 0.1) is 6.92 Å². The Balaban J connectivity index is 1.84. The minimum atomic E-state index is 0.119. The molecule has 1 fully saturated rings. The summed E-state index contributed by atoms with van der Waals surface area (Å²) in [5.74, 6) is 0.119. The van der Waals surface area contributed by atoms with Gasteiger partial charge in [0.1, 0.15) is 0 Å². The van der Waals surface area contributed by atoms with E-state index in [1.54, 1.807) is 0 Å². The van der Waals surface area contributed by atoms with Crippen molar-refractivity contribution in [3.05, 3.63) is 70.8 Å². The van der Waals surface area contributed by atoms with Gasteiger partial charge < -0.3 is 0 Å². The van der Waals surface area contributed by atoms with Crippen molar-refractivity contribution >= 4 is 5.78 Å². The Bertz CT molecular complexity index is 629. The Hall–Kier alpha value is -1.93. The molecule has 0 unspecified atom stereocenters. The van der Waals surface area contributed by atoms with Gasteiger partial charge in [-0.25, -0.2) is 0 Å². The number of carbonyl (C=O) groups excluding carboxylic acids is 1. The molecule has 2 aromatic rings.